The zero-order chi connectivity index (χ0) is 20.5. The van der Waals surface area contributed by atoms with Crippen molar-refractivity contribution in [3.63, 3.8) is 0 Å². The summed E-state index contributed by atoms with van der Waals surface area (Å²) >= 11 is 0. The number of rotatable bonds is 3. The molecule has 0 aliphatic heterocycles. The Labute approximate surface area is 165 Å². The Bertz CT molecular complexity index is 1420. The predicted molar refractivity (Wildman–Crippen MR) is 105 cm³/mol. The number of nitriles is 1. The number of furan rings is 1. The number of aromatic nitrogens is 3. The summed E-state index contributed by atoms with van der Waals surface area (Å²) in [5, 5.41) is 9.97. The molecule has 4 rings (SSSR count). The van der Waals surface area contributed by atoms with Crippen LogP contribution in [-0.4, -0.2) is 19.9 Å². The van der Waals surface area contributed by atoms with Gasteiger partial charge in [-0.2, -0.15) is 10.3 Å². The van der Waals surface area contributed by atoms with E-state index in [2.05, 4.69) is 16.0 Å². The Hall–Kier alpha value is -3.99. The second-order valence-corrected chi connectivity index (χ2v) is 6.58. The molecule has 0 atom stereocenters. The molecule has 0 bridgehead atoms. The maximum Gasteiger partial charge on any atom is 0.314 e. The van der Waals surface area contributed by atoms with Crippen molar-refractivity contribution in [1.29, 1.82) is 5.26 Å². The number of nitrogens with zero attached hydrogens (tertiary/aromatic N) is 5. The monoisotopic (exact) mass is 387 g/mol. The highest BCUT2D eigenvalue weighted by atomic mass is 16.3. The molecule has 4 heterocycles. The topological polar surface area (TPSA) is 106 Å². The van der Waals surface area contributed by atoms with Gasteiger partial charge in [0.2, 0.25) is 0 Å². The largest absolute Gasteiger partial charge is 0.459 e. The van der Waals surface area contributed by atoms with E-state index < -0.39 is 5.91 Å². The minimum atomic E-state index is -0.607. The molecule has 0 radical (unpaired) electrons. The molecule has 0 saturated carbocycles. The Morgan fingerprint density at radius 2 is 2.14 bits per heavy atom. The Morgan fingerprint density at radius 3 is 2.83 bits per heavy atom. The lowest BCUT2D eigenvalue weighted by molar-refractivity contribution is 0.0970. The van der Waals surface area contributed by atoms with E-state index in [0.29, 0.717) is 29.6 Å². The minimum Gasteiger partial charge on any atom is -0.459 e. The number of hydrogen-bond acceptors (Lipinski definition) is 5. The molecule has 0 aliphatic carbocycles. The van der Waals surface area contributed by atoms with Gasteiger partial charge in [-0.3, -0.25) is 14.0 Å². The number of carbonyl (C=O) groups is 1. The first-order valence-corrected chi connectivity index (χ1v) is 9.13. The SMILES string of the molecule is CCCn1c(=NC(=O)c2ccco2)c(C#N)cc2c(=O)n3cccc(C)c3nc21. The van der Waals surface area contributed by atoms with Crippen LogP contribution in [0.3, 0.4) is 0 Å². The lowest BCUT2D eigenvalue weighted by Crippen LogP contribution is -2.29. The van der Waals surface area contributed by atoms with Crippen molar-refractivity contribution < 1.29 is 9.21 Å². The fourth-order valence-electron chi connectivity index (χ4n) is 3.28. The molecule has 0 saturated heterocycles. The highest BCUT2D eigenvalue weighted by Crippen LogP contribution is 2.13. The van der Waals surface area contributed by atoms with Gasteiger partial charge in [-0.05, 0) is 43.2 Å². The quantitative estimate of drug-likeness (QED) is 0.502. The molecule has 0 spiro atoms. The molecule has 1 amide bonds. The maximum absolute atomic E-state index is 13.1. The van der Waals surface area contributed by atoms with E-state index in [4.69, 9.17) is 4.42 Å². The smallest absolute Gasteiger partial charge is 0.314 e. The maximum atomic E-state index is 13.1. The molecule has 4 aromatic rings. The number of fused-ring (bicyclic) bond motifs is 2. The van der Waals surface area contributed by atoms with Crippen molar-refractivity contribution in [2.45, 2.75) is 26.8 Å². The summed E-state index contributed by atoms with van der Waals surface area (Å²) in [6, 6.07) is 10.2. The molecule has 0 fully saturated rings. The number of amides is 1. The average molecular weight is 387 g/mol. The van der Waals surface area contributed by atoms with Crippen molar-refractivity contribution in [1.82, 2.24) is 14.0 Å². The van der Waals surface area contributed by atoms with Gasteiger partial charge in [-0.25, -0.2) is 4.98 Å². The van der Waals surface area contributed by atoms with E-state index in [1.54, 1.807) is 22.9 Å². The zero-order valence-electron chi connectivity index (χ0n) is 15.9. The van der Waals surface area contributed by atoms with Gasteiger partial charge >= 0.3 is 5.91 Å². The number of aryl methyl sites for hydroxylation is 2. The van der Waals surface area contributed by atoms with E-state index in [9.17, 15) is 14.9 Å². The van der Waals surface area contributed by atoms with Crippen LogP contribution in [0.2, 0.25) is 0 Å². The van der Waals surface area contributed by atoms with Crippen LogP contribution in [0.15, 0.2) is 57.0 Å². The van der Waals surface area contributed by atoms with Gasteiger partial charge in [-0.1, -0.05) is 13.0 Å². The summed E-state index contributed by atoms with van der Waals surface area (Å²) in [5.74, 6) is -0.538. The lowest BCUT2D eigenvalue weighted by atomic mass is 10.2. The molecule has 0 unspecified atom stereocenters. The van der Waals surface area contributed by atoms with Crippen molar-refractivity contribution >= 4 is 22.6 Å². The molecule has 0 aromatic carbocycles. The Kier molecular flexibility index (Phi) is 4.56. The molecule has 144 valence electrons. The van der Waals surface area contributed by atoms with Crippen LogP contribution in [0, 0.1) is 18.3 Å². The summed E-state index contributed by atoms with van der Waals surface area (Å²) in [7, 11) is 0. The Morgan fingerprint density at radius 1 is 1.31 bits per heavy atom. The molecular weight excluding hydrogens is 370 g/mol. The highest BCUT2D eigenvalue weighted by molar-refractivity contribution is 5.92. The van der Waals surface area contributed by atoms with Crippen molar-refractivity contribution in [3.05, 3.63) is 75.5 Å². The molecular formula is C21H17N5O3. The van der Waals surface area contributed by atoms with Gasteiger partial charge in [0.15, 0.2) is 11.2 Å². The zero-order valence-corrected chi connectivity index (χ0v) is 15.9. The normalized spacial score (nSPS) is 11.8. The fourth-order valence-corrected chi connectivity index (χ4v) is 3.28. The predicted octanol–water partition coefficient (Wildman–Crippen LogP) is 2.57. The number of carbonyl (C=O) groups excluding carboxylic acids is 1. The second kappa shape index (κ2) is 7.20. The van der Waals surface area contributed by atoms with Gasteiger partial charge in [0.05, 0.1) is 17.2 Å². The molecule has 29 heavy (non-hydrogen) atoms. The minimum absolute atomic E-state index is 0.0689. The lowest BCUT2D eigenvalue weighted by Gasteiger charge is -2.13. The van der Waals surface area contributed by atoms with Crippen LogP contribution in [0.4, 0.5) is 0 Å². The second-order valence-electron chi connectivity index (χ2n) is 6.58. The first kappa shape index (κ1) is 18.4. The van der Waals surface area contributed by atoms with E-state index in [-0.39, 0.29) is 22.4 Å². The summed E-state index contributed by atoms with van der Waals surface area (Å²) < 4.78 is 8.23. The summed E-state index contributed by atoms with van der Waals surface area (Å²) in [6.45, 7) is 4.26. The van der Waals surface area contributed by atoms with E-state index in [0.717, 1.165) is 5.56 Å². The van der Waals surface area contributed by atoms with Gasteiger partial charge in [0.1, 0.15) is 17.4 Å². The fraction of sp³-hybridized carbons (Fsp3) is 0.190. The molecule has 8 nitrogen and oxygen atoms in total. The summed E-state index contributed by atoms with van der Waals surface area (Å²) in [4.78, 5) is 34.4. The van der Waals surface area contributed by atoms with Gasteiger partial charge in [0.25, 0.3) is 5.56 Å². The van der Waals surface area contributed by atoms with Crippen molar-refractivity contribution in [2.24, 2.45) is 4.99 Å². The van der Waals surface area contributed by atoms with Crippen molar-refractivity contribution in [2.75, 3.05) is 0 Å². The Balaban J connectivity index is 2.16. The van der Waals surface area contributed by atoms with E-state index in [1.165, 1.54) is 22.8 Å². The van der Waals surface area contributed by atoms with Crippen LogP contribution >= 0.6 is 0 Å². The molecule has 0 aliphatic rings. The first-order valence-electron chi connectivity index (χ1n) is 9.13. The van der Waals surface area contributed by atoms with Crippen LogP contribution in [0.5, 0.6) is 0 Å². The molecule has 0 N–H and O–H groups in total. The third kappa shape index (κ3) is 3.02. The molecule has 8 heteroatoms. The van der Waals surface area contributed by atoms with E-state index in [1.807, 2.05) is 19.9 Å². The highest BCUT2D eigenvalue weighted by Gasteiger charge is 2.16. The van der Waals surface area contributed by atoms with Crippen LogP contribution < -0.4 is 11.0 Å². The van der Waals surface area contributed by atoms with Gasteiger partial charge in [-0.15, -0.1) is 0 Å². The average Bonchev–Trinajstić information content (AvgIpc) is 3.26. The van der Waals surface area contributed by atoms with Crippen molar-refractivity contribution in [3.8, 4) is 6.07 Å². The summed E-state index contributed by atoms with van der Waals surface area (Å²) in [6.07, 6.45) is 3.72. The van der Waals surface area contributed by atoms with Gasteiger partial charge in [0, 0.05) is 12.7 Å². The van der Waals surface area contributed by atoms with Crippen LogP contribution in [0.1, 0.15) is 35.0 Å². The standard InChI is InChI=1S/C21H17N5O3/c1-3-8-25-18(24-20(27)16-7-5-10-29-16)14(12-22)11-15-19(25)23-17-13(2)6-4-9-26(17)21(15)28/h4-7,9-11H,3,8H2,1-2H3. The third-order valence-electron chi connectivity index (χ3n) is 4.61. The van der Waals surface area contributed by atoms with E-state index >= 15 is 0 Å². The number of pyridine rings is 2. The number of hydrogen-bond donors (Lipinski definition) is 0. The first-order chi connectivity index (χ1) is 14.0. The third-order valence-corrected chi connectivity index (χ3v) is 4.61. The summed E-state index contributed by atoms with van der Waals surface area (Å²) in [5.41, 5.74) is 1.74. The van der Waals surface area contributed by atoms with Gasteiger partial charge < -0.3 is 8.98 Å². The molecule has 4 aromatic heterocycles. The van der Waals surface area contributed by atoms with Crippen LogP contribution in [-0.2, 0) is 6.54 Å². The van der Waals surface area contributed by atoms with Crippen LogP contribution in [0.25, 0.3) is 16.7 Å².